The molecule has 3 rings (SSSR count). The van der Waals surface area contributed by atoms with Crippen molar-refractivity contribution in [2.75, 3.05) is 6.61 Å². The van der Waals surface area contributed by atoms with Gasteiger partial charge in [0.05, 0.1) is 11.7 Å². The van der Waals surface area contributed by atoms with Gasteiger partial charge in [-0.3, -0.25) is 0 Å². The van der Waals surface area contributed by atoms with E-state index in [1.165, 1.54) is 31.3 Å². The number of hydrogen-bond donors (Lipinski definition) is 3. The van der Waals surface area contributed by atoms with Crippen LogP contribution in [0.3, 0.4) is 0 Å². The highest BCUT2D eigenvalue weighted by Crippen LogP contribution is 2.58. The van der Waals surface area contributed by atoms with Gasteiger partial charge in [-0.15, -0.1) is 0 Å². The average Bonchev–Trinajstić information content (AvgIpc) is 2.99. The Balaban J connectivity index is 1.70. The van der Waals surface area contributed by atoms with Crippen LogP contribution in [0.5, 0.6) is 0 Å². The lowest BCUT2D eigenvalue weighted by molar-refractivity contribution is -0.136. The van der Waals surface area contributed by atoms with Gasteiger partial charge in [-0.05, 0) is 95.0 Å². The Morgan fingerprint density at radius 1 is 1.17 bits per heavy atom. The van der Waals surface area contributed by atoms with E-state index in [0.717, 1.165) is 24.8 Å². The fourth-order valence-electron chi connectivity index (χ4n) is 6.14. The van der Waals surface area contributed by atoms with Crippen molar-refractivity contribution < 1.29 is 20.1 Å². The van der Waals surface area contributed by atoms with Gasteiger partial charge in [-0.25, -0.2) is 0 Å². The highest BCUT2D eigenvalue weighted by molar-refractivity contribution is 5.39. The lowest BCUT2D eigenvalue weighted by Crippen LogP contribution is -2.39. The van der Waals surface area contributed by atoms with Gasteiger partial charge in [0.25, 0.3) is 0 Å². The second-order valence-electron chi connectivity index (χ2n) is 10.8. The summed E-state index contributed by atoms with van der Waals surface area (Å²) >= 11 is 0. The minimum absolute atomic E-state index is 0.197. The molecule has 1 unspecified atom stereocenters. The quantitative estimate of drug-likeness (QED) is 0.528. The van der Waals surface area contributed by atoms with Gasteiger partial charge in [0.1, 0.15) is 0 Å². The molecular formula is C26H42O4. The smallest absolute Gasteiger partial charge is 0.189 e. The van der Waals surface area contributed by atoms with E-state index in [2.05, 4.69) is 32.6 Å². The Labute approximate surface area is 182 Å². The van der Waals surface area contributed by atoms with Crippen molar-refractivity contribution in [1.29, 1.82) is 0 Å². The van der Waals surface area contributed by atoms with Crippen molar-refractivity contribution in [2.45, 2.75) is 103 Å². The molecule has 3 aliphatic carbocycles. The van der Waals surface area contributed by atoms with E-state index in [4.69, 9.17) is 4.74 Å². The Kier molecular flexibility index (Phi) is 7.03. The largest absolute Gasteiger partial charge is 0.390 e. The summed E-state index contributed by atoms with van der Waals surface area (Å²) in [6, 6.07) is 0. The van der Waals surface area contributed by atoms with Crippen LogP contribution in [0.15, 0.2) is 35.5 Å². The molecule has 0 aromatic heterocycles. The SMILES string of the molecule is C=C1/C(=C\C=C2/CCC[C@]3(C)[C@@H](C(C)OCCC(C)(C)O)CC[C@@H]23)CCCC1(O)O. The lowest BCUT2D eigenvalue weighted by atomic mass is 9.62. The molecule has 3 N–H and O–H groups in total. The summed E-state index contributed by atoms with van der Waals surface area (Å²) in [7, 11) is 0. The number of fused-ring (bicyclic) bond motifs is 1. The van der Waals surface area contributed by atoms with Gasteiger partial charge in [0, 0.05) is 18.6 Å². The average molecular weight is 419 g/mol. The van der Waals surface area contributed by atoms with Gasteiger partial charge < -0.3 is 20.1 Å². The molecule has 30 heavy (non-hydrogen) atoms. The molecule has 0 bridgehead atoms. The second kappa shape index (κ2) is 8.90. The zero-order valence-corrected chi connectivity index (χ0v) is 19.4. The Morgan fingerprint density at radius 2 is 1.87 bits per heavy atom. The van der Waals surface area contributed by atoms with E-state index in [9.17, 15) is 15.3 Å². The molecule has 0 saturated heterocycles. The number of hydrogen-bond acceptors (Lipinski definition) is 4. The molecule has 0 amide bonds. The van der Waals surface area contributed by atoms with E-state index >= 15 is 0 Å². The third-order valence-electron chi connectivity index (χ3n) is 8.04. The van der Waals surface area contributed by atoms with E-state index in [-0.39, 0.29) is 11.5 Å². The molecule has 0 radical (unpaired) electrons. The summed E-state index contributed by atoms with van der Waals surface area (Å²) in [4.78, 5) is 0. The molecule has 4 heteroatoms. The minimum Gasteiger partial charge on any atom is -0.390 e. The molecule has 3 fully saturated rings. The highest BCUT2D eigenvalue weighted by Gasteiger charge is 2.51. The first-order valence-corrected chi connectivity index (χ1v) is 11.8. The number of ether oxygens (including phenoxy) is 1. The molecule has 0 spiro atoms. The van der Waals surface area contributed by atoms with Crippen molar-refractivity contribution in [1.82, 2.24) is 0 Å². The second-order valence-corrected chi connectivity index (χ2v) is 10.8. The van der Waals surface area contributed by atoms with Gasteiger partial charge in [-0.2, -0.15) is 0 Å². The van der Waals surface area contributed by atoms with Gasteiger partial charge >= 0.3 is 0 Å². The van der Waals surface area contributed by atoms with E-state index in [1.54, 1.807) is 0 Å². The summed E-state index contributed by atoms with van der Waals surface area (Å²) in [6.07, 6.45) is 13.2. The van der Waals surface area contributed by atoms with Gasteiger partial charge in [-0.1, -0.05) is 31.2 Å². The summed E-state index contributed by atoms with van der Waals surface area (Å²) < 4.78 is 6.18. The van der Waals surface area contributed by atoms with Crippen molar-refractivity contribution >= 4 is 0 Å². The van der Waals surface area contributed by atoms with E-state index in [1.807, 2.05) is 13.8 Å². The molecule has 4 atom stereocenters. The van der Waals surface area contributed by atoms with E-state index < -0.39 is 11.4 Å². The van der Waals surface area contributed by atoms with Crippen molar-refractivity contribution in [3.05, 3.63) is 35.5 Å². The van der Waals surface area contributed by atoms with Crippen LogP contribution in [0, 0.1) is 17.3 Å². The fraction of sp³-hybridized carbons (Fsp3) is 0.769. The predicted molar refractivity (Wildman–Crippen MR) is 121 cm³/mol. The van der Waals surface area contributed by atoms with Crippen LogP contribution >= 0.6 is 0 Å². The molecule has 4 nitrogen and oxygen atoms in total. The Morgan fingerprint density at radius 3 is 2.57 bits per heavy atom. The molecule has 0 aromatic carbocycles. The van der Waals surface area contributed by atoms with Crippen molar-refractivity contribution in [2.24, 2.45) is 17.3 Å². The highest BCUT2D eigenvalue weighted by atomic mass is 16.5. The lowest BCUT2D eigenvalue weighted by Gasteiger charge is -2.44. The number of allylic oxidation sites excluding steroid dienone is 3. The standard InChI is InChI=1S/C26H42O4/c1-18-20(8-7-15-26(18,28)29)10-11-21-9-6-14-25(5)22(12-13-23(21)25)19(2)30-17-16-24(3,4)27/h10-11,19,22-23,27-29H,1,6-9,12-17H2,2-5H3/b20-10-,21-11+/t19?,22-,23+,25-/m1/s1. The molecule has 0 aliphatic heterocycles. The third kappa shape index (κ3) is 5.09. The molecule has 3 saturated carbocycles. The maximum Gasteiger partial charge on any atom is 0.189 e. The molecule has 170 valence electrons. The number of rotatable bonds is 6. The van der Waals surface area contributed by atoms with Gasteiger partial charge in [0.15, 0.2) is 5.79 Å². The molecular weight excluding hydrogens is 376 g/mol. The summed E-state index contributed by atoms with van der Waals surface area (Å²) in [6.45, 7) is 12.9. The first-order chi connectivity index (χ1) is 13.9. The zero-order valence-electron chi connectivity index (χ0n) is 19.4. The zero-order chi connectivity index (χ0) is 22.2. The maximum absolute atomic E-state index is 10.1. The first kappa shape index (κ1) is 23.7. The first-order valence-electron chi connectivity index (χ1n) is 11.8. The summed E-state index contributed by atoms with van der Waals surface area (Å²) in [5, 5.41) is 30.2. The van der Waals surface area contributed by atoms with Crippen LogP contribution in [0.1, 0.15) is 85.5 Å². The molecule has 3 aliphatic rings. The summed E-state index contributed by atoms with van der Waals surface area (Å²) in [5.74, 6) is -0.649. The molecule has 0 heterocycles. The fourth-order valence-corrected chi connectivity index (χ4v) is 6.14. The van der Waals surface area contributed by atoms with Crippen molar-refractivity contribution in [3.8, 4) is 0 Å². The maximum atomic E-state index is 10.1. The van der Waals surface area contributed by atoms with Crippen LogP contribution in [-0.4, -0.2) is 39.4 Å². The summed E-state index contributed by atoms with van der Waals surface area (Å²) in [5.41, 5.74) is 2.51. The van der Waals surface area contributed by atoms with Crippen LogP contribution < -0.4 is 0 Å². The van der Waals surface area contributed by atoms with E-state index in [0.29, 0.717) is 36.9 Å². The normalized spacial score (nSPS) is 35.6. The third-order valence-corrected chi connectivity index (χ3v) is 8.04. The Hall–Kier alpha value is -0.940. The van der Waals surface area contributed by atoms with Crippen LogP contribution in [0.25, 0.3) is 0 Å². The Bertz CT molecular complexity index is 696. The minimum atomic E-state index is -1.75. The van der Waals surface area contributed by atoms with Crippen LogP contribution in [0.2, 0.25) is 0 Å². The topological polar surface area (TPSA) is 69.9 Å². The number of aliphatic hydroxyl groups is 3. The monoisotopic (exact) mass is 418 g/mol. The van der Waals surface area contributed by atoms with Gasteiger partial charge in [0.2, 0.25) is 0 Å². The molecule has 0 aromatic rings. The predicted octanol–water partition coefficient (Wildman–Crippen LogP) is 5.04. The van der Waals surface area contributed by atoms with Crippen LogP contribution in [-0.2, 0) is 4.74 Å². The van der Waals surface area contributed by atoms with Crippen molar-refractivity contribution in [3.63, 3.8) is 0 Å². The van der Waals surface area contributed by atoms with Crippen LogP contribution in [0.4, 0.5) is 0 Å².